The molecule has 0 aromatic heterocycles. The molecule has 3 nitrogen and oxygen atoms in total. The maximum atomic E-state index is 9.85. The molecule has 0 aliphatic rings. The van der Waals surface area contributed by atoms with Crippen molar-refractivity contribution in [2.45, 2.75) is 33.4 Å². The maximum absolute atomic E-state index is 9.85. The van der Waals surface area contributed by atoms with Gasteiger partial charge in [0.1, 0.15) is 0 Å². The normalized spacial score (nSPS) is 13.1. The molecule has 1 aromatic carbocycles. The molecule has 2 N–H and O–H groups in total. The van der Waals surface area contributed by atoms with Gasteiger partial charge in [0.25, 0.3) is 0 Å². The molecule has 1 rings (SSSR count). The fourth-order valence-electron chi connectivity index (χ4n) is 1.41. The van der Waals surface area contributed by atoms with Crippen LogP contribution in [0.3, 0.4) is 0 Å². The molecule has 0 radical (unpaired) electrons. The zero-order valence-electron chi connectivity index (χ0n) is 10.7. The van der Waals surface area contributed by atoms with Crippen molar-refractivity contribution < 1.29 is 5.11 Å². The largest absolute Gasteiger partial charge is 0.391 e. The third-order valence-electron chi connectivity index (χ3n) is 2.72. The Balaban J connectivity index is 2.44. The highest BCUT2D eigenvalue weighted by molar-refractivity contribution is 5.32. The Labute approximate surface area is 103 Å². The van der Waals surface area contributed by atoms with Gasteiger partial charge < -0.3 is 10.4 Å². The first-order valence-electron chi connectivity index (χ1n) is 5.81. The summed E-state index contributed by atoms with van der Waals surface area (Å²) in [6.07, 6.45) is -0.373. The Morgan fingerprint density at radius 2 is 2.12 bits per heavy atom. The molecule has 1 unspecified atom stereocenters. The molecule has 17 heavy (non-hydrogen) atoms. The average molecular weight is 232 g/mol. The molecule has 0 bridgehead atoms. The summed E-state index contributed by atoms with van der Waals surface area (Å²) in [5, 5.41) is 21.8. The highest BCUT2D eigenvalue weighted by Crippen LogP contribution is 2.18. The summed E-state index contributed by atoms with van der Waals surface area (Å²) in [5.74, 6) is 0. The standard InChI is InChI=1S/C14H20N2O/c1-14(2,3)13(17)10-16-9-12-6-4-5-11(7-12)8-15/h4-7,13,16-17H,9-10H2,1-3H3. The van der Waals surface area contributed by atoms with Crippen LogP contribution in [0.1, 0.15) is 31.9 Å². The van der Waals surface area contributed by atoms with E-state index in [9.17, 15) is 5.11 Å². The van der Waals surface area contributed by atoms with Gasteiger partial charge in [0.05, 0.1) is 17.7 Å². The monoisotopic (exact) mass is 232 g/mol. The first-order chi connectivity index (χ1) is 7.93. The van der Waals surface area contributed by atoms with Crippen LogP contribution >= 0.6 is 0 Å². The number of nitrogens with one attached hydrogen (secondary N) is 1. The highest BCUT2D eigenvalue weighted by atomic mass is 16.3. The SMILES string of the molecule is CC(C)(C)C(O)CNCc1cccc(C#N)c1. The van der Waals surface area contributed by atoms with Gasteiger partial charge in [0.15, 0.2) is 0 Å². The molecule has 92 valence electrons. The molecule has 1 aromatic rings. The summed E-state index contributed by atoms with van der Waals surface area (Å²) in [6, 6.07) is 9.60. The molecule has 0 saturated carbocycles. The van der Waals surface area contributed by atoms with Crippen molar-refractivity contribution in [3.05, 3.63) is 35.4 Å². The molecule has 0 saturated heterocycles. The van der Waals surface area contributed by atoms with Gasteiger partial charge in [-0.25, -0.2) is 0 Å². The van der Waals surface area contributed by atoms with E-state index in [0.29, 0.717) is 18.7 Å². The maximum Gasteiger partial charge on any atom is 0.0991 e. The smallest absolute Gasteiger partial charge is 0.0991 e. The summed E-state index contributed by atoms with van der Waals surface area (Å²) in [7, 11) is 0. The number of nitriles is 1. The predicted octanol–water partition coefficient (Wildman–Crippen LogP) is 2.05. The second-order valence-corrected chi connectivity index (χ2v) is 5.32. The number of hydrogen-bond donors (Lipinski definition) is 2. The molecule has 0 fully saturated rings. The van der Waals surface area contributed by atoms with Crippen LogP contribution in [0.5, 0.6) is 0 Å². The number of benzene rings is 1. The number of aliphatic hydroxyl groups excluding tert-OH is 1. The Hall–Kier alpha value is -1.37. The molecule has 0 heterocycles. The second kappa shape index (κ2) is 5.81. The first-order valence-corrected chi connectivity index (χ1v) is 5.81. The van der Waals surface area contributed by atoms with Crippen molar-refractivity contribution in [3.63, 3.8) is 0 Å². The highest BCUT2D eigenvalue weighted by Gasteiger charge is 2.21. The van der Waals surface area contributed by atoms with Gasteiger partial charge in [-0.15, -0.1) is 0 Å². The van der Waals surface area contributed by atoms with E-state index in [0.717, 1.165) is 5.56 Å². The van der Waals surface area contributed by atoms with Crippen LogP contribution in [0.25, 0.3) is 0 Å². The molecular formula is C14H20N2O. The van der Waals surface area contributed by atoms with E-state index in [4.69, 9.17) is 5.26 Å². The first kappa shape index (κ1) is 13.7. The van der Waals surface area contributed by atoms with E-state index >= 15 is 0 Å². The molecular weight excluding hydrogens is 212 g/mol. The number of rotatable bonds is 4. The quantitative estimate of drug-likeness (QED) is 0.835. The number of aliphatic hydroxyl groups is 1. The minimum atomic E-state index is -0.373. The molecule has 1 atom stereocenters. The Morgan fingerprint density at radius 3 is 2.71 bits per heavy atom. The molecule has 0 aliphatic heterocycles. The summed E-state index contributed by atoms with van der Waals surface area (Å²) < 4.78 is 0. The summed E-state index contributed by atoms with van der Waals surface area (Å²) in [5.41, 5.74) is 1.62. The topological polar surface area (TPSA) is 56.0 Å². The predicted molar refractivity (Wildman–Crippen MR) is 68.3 cm³/mol. The summed E-state index contributed by atoms with van der Waals surface area (Å²) in [4.78, 5) is 0. The summed E-state index contributed by atoms with van der Waals surface area (Å²) >= 11 is 0. The van der Waals surface area contributed by atoms with Gasteiger partial charge >= 0.3 is 0 Å². The number of nitrogens with zero attached hydrogens (tertiary/aromatic N) is 1. The van der Waals surface area contributed by atoms with Gasteiger partial charge in [-0.3, -0.25) is 0 Å². The van der Waals surface area contributed by atoms with E-state index in [-0.39, 0.29) is 11.5 Å². The van der Waals surface area contributed by atoms with Crippen LogP contribution in [0, 0.1) is 16.7 Å². The van der Waals surface area contributed by atoms with E-state index in [1.54, 1.807) is 6.07 Å². The Bertz CT molecular complexity index is 401. The van der Waals surface area contributed by atoms with Crippen LogP contribution in [0.4, 0.5) is 0 Å². The minimum absolute atomic E-state index is 0.110. The lowest BCUT2D eigenvalue weighted by molar-refractivity contribution is 0.0628. The number of hydrogen-bond acceptors (Lipinski definition) is 3. The minimum Gasteiger partial charge on any atom is -0.391 e. The van der Waals surface area contributed by atoms with Crippen molar-refractivity contribution in [3.8, 4) is 6.07 Å². The lowest BCUT2D eigenvalue weighted by Crippen LogP contribution is -2.36. The van der Waals surface area contributed by atoms with Crippen molar-refractivity contribution in [1.82, 2.24) is 5.32 Å². The van der Waals surface area contributed by atoms with E-state index < -0.39 is 0 Å². The van der Waals surface area contributed by atoms with Crippen LogP contribution < -0.4 is 5.32 Å². The van der Waals surface area contributed by atoms with Gasteiger partial charge in [0.2, 0.25) is 0 Å². The van der Waals surface area contributed by atoms with Crippen molar-refractivity contribution >= 4 is 0 Å². The van der Waals surface area contributed by atoms with Crippen LogP contribution in [-0.2, 0) is 6.54 Å². The fourth-order valence-corrected chi connectivity index (χ4v) is 1.41. The van der Waals surface area contributed by atoms with Crippen LogP contribution in [-0.4, -0.2) is 17.8 Å². The van der Waals surface area contributed by atoms with Crippen molar-refractivity contribution in [1.29, 1.82) is 5.26 Å². The van der Waals surface area contributed by atoms with E-state index in [1.165, 1.54) is 0 Å². The lowest BCUT2D eigenvalue weighted by atomic mass is 9.89. The molecule has 0 amide bonds. The van der Waals surface area contributed by atoms with E-state index in [1.807, 2.05) is 39.0 Å². The van der Waals surface area contributed by atoms with Crippen molar-refractivity contribution in [2.75, 3.05) is 6.54 Å². The second-order valence-electron chi connectivity index (χ2n) is 5.32. The Morgan fingerprint density at radius 1 is 1.41 bits per heavy atom. The fraction of sp³-hybridized carbons (Fsp3) is 0.500. The van der Waals surface area contributed by atoms with Gasteiger partial charge in [-0.05, 0) is 23.1 Å². The van der Waals surface area contributed by atoms with Gasteiger partial charge in [-0.2, -0.15) is 5.26 Å². The van der Waals surface area contributed by atoms with Gasteiger partial charge in [-0.1, -0.05) is 32.9 Å². The molecule has 3 heteroatoms. The third-order valence-corrected chi connectivity index (χ3v) is 2.72. The Kier molecular flexibility index (Phi) is 4.68. The zero-order valence-corrected chi connectivity index (χ0v) is 10.7. The van der Waals surface area contributed by atoms with Crippen LogP contribution in [0.2, 0.25) is 0 Å². The van der Waals surface area contributed by atoms with Crippen molar-refractivity contribution in [2.24, 2.45) is 5.41 Å². The average Bonchev–Trinajstić information content (AvgIpc) is 2.28. The molecule has 0 spiro atoms. The lowest BCUT2D eigenvalue weighted by Gasteiger charge is -2.26. The summed E-state index contributed by atoms with van der Waals surface area (Å²) in [6.45, 7) is 7.25. The zero-order chi connectivity index (χ0) is 12.9. The molecule has 0 aliphatic carbocycles. The van der Waals surface area contributed by atoms with E-state index in [2.05, 4.69) is 11.4 Å². The van der Waals surface area contributed by atoms with Crippen LogP contribution in [0.15, 0.2) is 24.3 Å². The third kappa shape index (κ3) is 4.56. The van der Waals surface area contributed by atoms with Gasteiger partial charge in [0, 0.05) is 13.1 Å².